The lowest BCUT2D eigenvalue weighted by molar-refractivity contribution is -0.140. The predicted molar refractivity (Wildman–Crippen MR) is 83.5 cm³/mol. The van der Waals surface area contributed by atoms with E-state index < -0.39 is 29.6 Å². The summed E-state index contributed by atoms with van der Waals surface area (Å²) in [7, 11) is 1.50. The second-order valence-corrected chi connectivity index (χ2v) is 6.74. The van der Waals surface area contributed by atoms with E-state index in [0.29, 0.717) is 31.8 Å². The van der Waals surface area contributed by atoms with Crippen molar-refractivity contribution in [2.75, 3.05) is 26.7 Å². The molecule has 0 aromatic heterocycles. The third-order valence-corrected chi connectivity index (χ3v) is 4.46. The zero-order valence-electron chi connectivity index (χ0n) is 14.3. The molecule has 8 heteroatoms. The topological polar surface area (TPSA) is 23.6 Å². The van der Waals surface area contributed by atoms with Gasteiger partial charge in [-0.3, -0.25) is 9.69 Å². The third kappa shape index (κ3) is 4.48. The molecule has 3 nitrogen and oxygen atoms in total. The van der Waals surface area contributed by atoms with E-state index in [1.54, 1.807) is 0 Å². The lowest BCUT2D eigenvalue weighted by Crippen LogP contribution is -2.55. The molecule has 25 heavy (non-hydrogen) atoms. The molecule has 140 valence electrons. The van der Waals surface area contributed by atoms with E-state index in [0.717, 1.165) is 6.07 Å². The van der Waals surface area contributed by atoms with E-state index in [1.165, 1.54) is 11.9 Å². The van der Waals surface area contributed by atoms with E-state index in [-0.39, 0.29) is 17.5 Å². The summed E-state index contributed by atoms with van der Waals surface area (Å²) >= 11 is 0. The van der Waals surface area contributed by atoms with Crippen LogP contribution < -0.4 is 0 Å². The smallest absolute Gasteiger partial charge is 0.337 e. The normalized spacial score (nSPS) is 17.5. The molecule has 2 rings (SSSR count). The van der Waals surface area contributed by atoms with E-state index >= 15 is 0 Å². The maximum Gasteiger partial charge on any atom is 0.419 e. The number of amides is 1. The Hall–Kier alpha value is -1.70. The Labute approximate surface area is 143 Å². The largest absolute Gasteiger partial charge is 0.419 e. The molecular weight excluding hydrogens is 343 g/mol. The molecule has 0 saturated carbocycles. The minimum atomic E-state index is -4.87. The Morgan fingerprint density at radius 1 is 1.32 bits per heavy atom. The fraction of sp³-hybridized carbons (Fsp3) is 0.588. The summed E-state index contributed by atoms with van der Waals surface area (Å²) in [5.41, 5.74) is -1.69. The molecule has 1 heterocycles. The molecule has 0 radical (unpaired) electrons. The number of alkyl halides is 4. The van der Waals surface area contributed by atoms with Gasteiger partial charge in [-0.1, -0.05) is 13.8 Å². The average Bonchev–Trinajstić information content (AvgIpc) is 2.48. The average molecular weight is 364 g/mol. The number of hydrogen-bond donors (Lipinski definition) is 0. The van der Waals surface area contributed by atoms with Crippen LogP contribution in [0.3, 0.4) is 0 Å². The fourth-order valence-electron chi connectivity index (χ4n) is 2.93. The van der Waals surface area contributed by atoms with Crippen molar-refractivity contribution in [2.45, 2.75) is 32.2 Å². The summed E-state index contributed by atoms with van der Waals surface area (Å²) in [6.07, 6.45) is -5.75. The van der Waals surface area contributed by atoms with Crippen LogP contribution in [-0.4, -0.2) is 54.6 Å². The van der Waals surface area contributed by atoms with Gasteiger partial charge in [0.05, 0.1) is 5.56 Å². The van der Waals surface area contributed by atoms with Crippen molar-refractivity contribution in [3.05, 3.63) is 35.1 Å². The number of carbonyl (C=O) groups excluding carboxylic acids is 1. The van der Waals surface area contributed by atoms with Crippen LogP contribution in [0.1, 0.15) is 29.8 Å². The van der Waals surface area contributed by atoms with Crippen molar-refractivity contribution in [1.82, 2.24) is 9.80 Å². The highest BCUT2D eigenvalue weighted by molar-refractivity contribution is 5.94. The summed E-state index contributed by atoms with van der Waals surface area (Å²) in [5.74, 6) is -2.02. The monoisotopic (exact) mass is 364 g/mol. The van der Waals surface area contributed by atoms with E-state index in [1.807, 2.05) is 18.7 Å². The minimum absolute atomic E-state index is 0.0233. The Kier molecular flexibility index (Phi) is 5.71. The second kappa shape index (κ2) is 7.27. The summed E-state index contributed by atoms with van der Waals surface area (Å²) in [5, 5.41) is 0. The van der Waals surface area contributed by atoms with Gasteiger partial charge in [0.25, 0.3) is 5.91 Å². The van der Waals surface area contributed by atoms with Gasteiger partial charge < -0.3 is 4.90 Å². The SMILES string of the molecule is CC(C)[C@@H](CN1CC(F)C1)N(C)C(=O)c1ccc(F)c(C(F)(F)F)c1. The lowest BCUT2D eigenvalue weighted by Gasteiger charge is -2.41. The number of rotatable bonds is 5. The van der Waals surface area contributed by atoms with Crippen LogP contribution in [0, 0.1) is 11.7 Å². The van der Waals surface area contributed by atoms with Crippen molar-refractivity contribution in [3.8, 4) is 0 Å². The minimum Gasteiger partial charge on any atom is -0.337 e. The van der Waals surface area contributed by atoms with Crippen molar-refractivity contribution in [2.24, 2.45) is 5.92 Å². The Balaban J connectivity index is 2.19. The number of halogens is 5. The summed E-state index contributed by atoms with van der Waals surface area (Å²) < 4.78 is 64.9. The van der Waals surface area contributed by atoms with E-state index in [9.17, 15) is 26.7 Å². The molecule has 0 unspecified atom stereocenters. The first-order valence-corrected chi connectivity index (χ1v) is 8.01. The number of likely N-dealkylation sites (N-methyl/N-ethyl adjacent to an activating group) is 1. The van der Waals surface area contributed by atoms with Crippen molar-refractivity contribution in [3.63, 3.8) is 0 Å². The first kappa shape index (κ1) is 19.6. The van der Waals surface area contributed by atoms with Gasteiger partial charge in [-0.2, -0.15) is 13.2 Å². The molecule has 1 aromatic rings. The van der Waals surface area contributed by atoms with Crippen LogP contribution in [0.5, 0.6) is 0 Å². The molecule has 1 amide bonds. The molecule has 1 aromatic carbocycles. The van der Waals surface area contributed by atoms with Gasteiger partial charge >= 0.3 is 6.18 Å². The molecule has 0 aliphatic carbocycles. The maximum absolute atomic E-state index is 13.4. The summed E-state index contributed by atoms with van der Waals surface area (Å²) in [6, 6.07) is 1.94. The summed E-state index contributed by atoms with van der Waals surface area (Å²) in [6.45, 7) is 4.79. The lowest BCUT2D eigenvalue weighted by atomic mass is 9.99. The highest BCUT2D eigenvalue weighted by atomic mass is 19.4. The molecule has 1 saturated heterocycles. The number of hydrogen-bond acceptors (Lipinski definition) is 2. The number of likely N-dealkylation sites (tertiary alicyclic amines) is 1. The zero-order valence-corrected chi connectivity index (χ0v) is 14.3. The van der Waals surface area contributed by atoms with Crippen LogP contribution in [0.2, 0.25) is 0 Å². The molecule has 1 aliphatic heterocycles. The van der Waals surface area contributed by atoms with Gasteiger partial charge in [0, 0.05) is 38.3 Å². The van der Waals surface area contributed by atoms with Crippen LogP contribution >= 0.6 is 0 Å². The molecular formula is C17H21F5N2O. The third-order valence-electron chi connectivity index (χ3n) is 4.46. The maximum atomic E-state index is 13.4. The number of carbonyl (C=O) groups is 1. The van der Waals surface area contributed by atoms with Crippen molar-refractivity contribution >= 4 is 5.91 Å². The highest BCUT2D eigenvalue weighted by Crippen LogP contribution is 2.32. The number of nitrogens with zero attached hydrogens (tertiary/aromatic N) is 2. The van der Waals surface area contributed by atoms with Crippen LogP contribution in [-0.2, 0) is 6.18 Å². The van der Waals surface area contributed by atoms with Crippen LogP contribution in [0.15, 0.2) is 18.2 Å². The molecule has 1 aliphatic rings. The molecule has 1 atom stereocenters. The fourth-order valence-corrected chi connectivity index (χ4v) is 2.93. The first-order valence-electron chi connectivity index (χ1n) is 8.01. The van der Waals surface area contributed by atoms with Crippen molar-refractivity contribution < 1.29 is 26.7 Å². The predicted octanol–water partition coefficient (Wildman–Crippen LogP) is 3.59. The van der Waals surface area contributed by atoms with Crippen LogP contribution in [0.25, 0.3) is 0 Å². The highest BCUT2D eigenvalue weighted by Gasteiger charge is 2.36. The standard InChI is InChI=1S/C17H21F5N2O/c1-10(2)15(9-24-7-12(18)8-24)23(3)16(25)11-4-5-14(19)13(6-11)17(20,21)22/h4-6,10,12,15H,7-9H2,1-3H3/t15-/m1/s1. The van der Waals surface area contributed by atoms with Gasteiger partial charge in [-0.05, 0) is 24.1 Å². The van der Waals surface area contributed by atoms with Crippen molar-refractivity contribution in [1.29, 1.82) is 0 Å². The second-order valence-electron chi connectivity index (χ2n) is 6.74. The summed E-state index contributed by atoms with van der Waals surface area (Å²) in [4.78, 5) is 15.8. The van der Waals surface area contributed by atoms with E-state index in [2.05, 4.69) is 0 Å². The zero-order chi connectivity index (χ0) is 18.9. The molecule has 0 spiro atoms. The van der Waals surface area contributed by atoms with Gasteiger partial charge in [-0.15, -0.1) is 0 Å². The molecule has 1 fully saturated rings. The van der Waals surface area contributed by atoms with Crippen LogP contribution in [0.4, 0.5) is 22.0 Å². The quantitative estimate of drug-likeness (QED) is 0.746. The van der Waals surface area contributed by atoms with Gasteiger partial charge in [0.2, 0.25) is 0 Å². The van der Waals surface area contributed by atoms with Gasteiger partial charge in [0.15, 0.2) is 0 Å². The molecule has 0 N–H and O–H groups in total. The Bertz CT molecular complexity index is 626. The Morgan fingerprint density at radius 3 is 2.40 bits per heavy atom. The van der Waals surface area contributed by atoms with E-state index in [4.69, 9.17) is 0 Å². The van der Waals surface area contributed by atoms with Gasteiger partial charge in [0.1, 0.15) is 12.0 Å². The first-order chi connectivity index (χ1) is 11.5. The van der Waals surface area contributed by atoms with Gasteiger partial charge in [-0.25, -0.2) is 8.78 Å². The number of benzene rings is 1. The Morgan fingerprint density at radius 2 is 1.92 bits per heavy atom. The molecule has 0 bridgehead atoms.